The van der Waals surface area contributed by atoms with Gasteiger partial charge in [-0.05, 0) is 126 Å². The van der Waals surface area contributed by atoms with Crippen molar-refractivity contribution in [1.82, 2.24) is 4.90 Å². The van der Waals surface area contributed by atoms with E-state index in [0.717, 1.165) is 45.4 Å². The van der Waals surface area contributed by atoms with Gasteiger partial charge in [0.15, 0.2) is 0 Å². The lowest BCUT2D eigenvalue weighted by Crippen LogP contribution is -2.24. The van der Waals surface area contributed by atoms with Crippen molar-refractivity contribution in [1.29, 1.82) is 0 Å². The fraction of sp³-hybridized carbons (Fsp3) is 0.441. The summed E-state index contributed by atoms with van der Waals surface area (Å²) in [5.41, 5.74) is 22.4. The molecule has 0 aromatic heterocycles. The molecule has 5 aliphatic heterocycles. The average molecular weight is 507 g/mol. The third kappa shape index (κ3) is 3.25. The van der Waals surface area contributed by atoms with Crippen LogP contribution in [0, 0.1) is 5.41 Å². The zero-order chi connectivity index (χ0) is 28.2. The molecule has 38 heavy (non-hydrogen) atoms. The van der Waals surface area contributed by atoms with Crippen molar-refractivity contribution in [3.8, 4) is 0 Å². The van der Waals surface area contributed by atoms with Crippen LogP contribution in [0.4, 0.5) is 0 Å². The molecule has 0 N–H and O–H groups in total. The Morgan fingerprint density at radius 2 is 0.789 bits per heavy atom. The summed E-state index contributed by atoms with van der Waals surface area (Å²) in [5.74, 6) is 0. The van der Waals surface area contributed by atoms with Crippen LogP contribution in [-0.2, 0) is 0 Å². The minimum Gasteiger partial charge on any atom is -0.350 e. The Morgan fingerprint density at radius 1 is 0.447 bits per heavy atom. The number of allylic oxidation sites excluding steroid dienone is 12. The largest absolute Gasteiger partial charge is 0.350 e. The van der Waals surface area contributed by atoms with Crippen LogP contribution in [0.1, 0.15) is 90.0 Å². The number of nitrogens with zero attached hydrogens (tertiary/aromatic N) is 4. The molecule has 4 nitrogen and oxygen atoms in total. The van der Waals surface area contributed by atoms with Crippen LogP contribution in [0.5, 0.6) is 0 Å². The molecule has 0 atom stereocenters. The molecular weight excluding hydrogens is 464 g/mol. The van der Waals surface area contributed by atoms with Crippen LogP contribution >= 0.6 is 0 Å². The maximum absolute atomic E-state index is 5.32. The van der Waals surface area contributed by atoms with Gasteiger partial charge >= 0.3 is 0 Å². The van der Waals surface area contributed by atoms with Crippen LogP contribution in [0.15, 0.2) is 105 Å². The van der Waals surface area contributed by atoms with Crippen molar-refractivity contribution >= 4 is 17.1 Å². The van der Waals surface area contributed by atoms with E-state index in [1.807, 2.05) is 0 Å². The van der Waals surface area contributed by atoms with Gasteiger partial charge in [0.1, 0.15) is 0 Å². The van der Waals surface area contributed by atoms with E-state index in [0.29, 0.717) is 0 Å². The first-order valence-corrected chi connectivity index (χ1v) is 13.7. The number of hydrogen-bond acceptors (Lipinski definition) is 4. The minimum atomic E-state index is -0.187. The van der Waals surface area contributed by atoms with E-state index in [9.17, 15) is 0 Å². The maximum atomic E-state index is 5.32. The van der Waals surface area contributed by atoms with Crippen LogP contribution in [0.2, 0.25) is 0 Å². The summed E-state index contributed by atoms with van der Waals surface area (Å²) in [7, 11) is 2.20. The topological polar surface area (TPSA) is 40.3 Å². The standard InChI is InChI=1S/C34H42N4/c1-15-16(2)28-22(8)29-17(3)18(4)30(36-29)23(9)31-19(5)20(6)32(37-31)24(10)33-34(12,13)26(25(11)38(33)14)21(7)27(15)35-28/h1-14H3. The highest BCUT2D eigenvalue weighted by Gasteiger charge is 2.43. The molecular formula is C34H42N4. The maximum Gasteiger partial charge on any atom is 0.0720 e. The second-order valence-electron chi connectivity index (χ2n) is 12.2. The molecule has 0 fully saturated rings. The monoisotopic (exact) mass is 506 g/mol. The van der Waals surface area contributed by atoms with E-state index < -0.39 is 0 Å². The summed E-state index contributed by atoms with van der Waals surface area (Å²) in [6.07, 6.45) is 0. The van der Waals surface area contributed by atoms with E-state index in [-0.39, 0.29) is 5.41 Å². The Kier molecular flexibility index (Phi) is 5.80. The average Bonchev–Trinajstić information content (AvgIpc) is 3.48. The molecule has 5 aliphatic rings. The highest BCUT2D eigenvalue weighted by atomic mass is 15.2. The quantitative estimate of drug-likeness (QED) is 0.324. The zero-order valence-electron chi connectivity index (χ0n) is 25.8. The van der Waals surface area contributed by atoms with Gasteiger partial charge in [0, 0.05) is 35.0 Å². The summed E-state index contributed by atoms with van der Waals surface area (Å²) >= 11 is 0. The predicted octanol–water partition coefficient (Wildman–Crippen LogP) is 8.71. The highest BCUT2D eigenvalue weighted by Crippen LogP contribution is 2.52. The zero-order valence-corrected chi connectivity index (χ0v) is 25.8. The SMILES string of the molecule is CC1=C(C)C2=C(C)C3=NC(=C(C)C4=NC(=C(C)C5=C(C)N(C)C(=C(C)C1=N2)C5(C)C)C(C)=C4C)C(C)=C3C. The lowest BCUT2D eigenvalue weighted by Gasteiger charge is -2.30. The predicted molar refractivity (Wildman–Crippen MR) is 162 cm³/mol. The first kappa shape index (κ1) is 26.3. The normalized spacial score (nSPS) is 23.8. The van der Waals surface area contributed by atoms with Gasteiger partial charge in [-0.2, -0.15) is 0 Å². The smallest absolute Gasteiger partial charge is 0.0720 e. The molecule has 0 aromatic carbocycles. The second kappa shape index (κ2) is 8.36. The number of fused-ring (bicyclic) bond motifs is 5. The van der Waals surface area contributed by atoms with E-state index in [2.05, 4.69) is 102 Å². The summed E-state index contributed by atoms with van der Waals surface area (Å²) in [6.45, 7) is 29.1. The van der Waals surface area contributed by atoms with Gasteiger partial charge in [-0.25, -0.2) is 15.0 Å². The van der Waals surface area contributed by atoms with E-state index in [1.165, 1.54) is 61.6 Å². The highest BCUT2D eigenvalue weighted by molar-refractivity contribution is 6.21. The van der Waals surface area contributed by atoms with E-state index in [4.69, 9.17) is 15.0 Å². The minimum absolute atomic E-state index is 0.187. The van der Waals surface area contributed by atoms with Gasteiger partial charge in [-0.3, -0.25) is 0 Å². The summed E-state index contributed by atoms with van der Waals surface area (Å²) < 4.78 is 0. The van der Waals surface area contributed by atoms with Gasteiger partial charge in [-0.1, -0.05) is 13.8 Å². The Hall–Kier alpha value is -3.27. The van der Waals surface area contributed by atoms with Gasteiger partial charge in [0.05, 0.1) is 34.2 Å². The molecule has 0 radical (unpaired) electrons. The molecule has 0 unspecified atom stereocenters. The number of hydrogen-bond donors (Lipinski definition) is 0. The van der Waals surface area contributed by atoms with Crippen molar-refractivity contribution < 1.29 is 0 Å². The van der Waals surface area contributed by atoms with Gasteiger partial charge in [0.25, 0.3) is 0 Å². The molecule has 0 spiro atoms. The molecule has 5 rings (SSSR count). The third-order valence-corrected chi connectivity index (χ3v) is 9.77. The Bertz CT molecular complexity index is 1610. The van der Waals surface area contributed by atoms with Crippen molar-refractivity contribution in [2.45, 2.75) is 90.0 Å². The summed E-state index contributed by atoms with van der Waals surface area (Å²) in [5, 5.41) is 0. The van der Waals surface area contributed by atoms with Crippen molar-refractivity contribution in [3.63, 3.8) is 0 Å². The fourth-order valence-corrected chi connectivity index (χ4v) is 7.34. The Morgan fingerprint density at radius 3 is 1.18 bits per heavy atom. The van der Waals surface area contributed by atoms with Crippen molar-refractivity contribution in [2.24, 2.45) is 20.4 Å². The Labute approximate surface area is 229 Å². The Balaban J connectivity index is 1.96. The molecule has 0 aromatic rings. The third-order valence-electron chi connectivity index (χ3n) is 9.77. The molecule has 0 amide bonds. The molecule has 0 saturated heterocycles. The lowest BCUT2D eigenvalue weighted by molar-refractivity contribution is 0.437. The second-order valence-corrected chi connectivity index (χ2v) is 12.2. The van der Waals surface area contributed by atoms with Gasteiger partial charge in [-0.15, -0.1) is 0 Å². The fourth-order valence-electron chi connectivity index (χ4n) is 7.34. The molecule has 8 bridgehead atoms. The van der Waals surface area contributed by atoms with Crippen molar-refractivity contribution in [3.05, 3.63) is 89.8 Å². The first-order chi connectivity index (χ1) is 17.6. The van der Waals surface area contributed by atoms with E-state index >= 15 is 0 Å². The molecule has 4 heteroatoms. The summed E-state index contributed by atoms with van der Waals surface area (Å²) in [4.78, 5) is 18.3. The van der Waals surface area contributed by atoms with Crippen LogP contribution < -0.4 is 0 Å². The first-order valence-electron chi connectivity index (χ1n) is 13.7. The molecule has 5 heterocycles. The van der Waals surface area contributed by atoms with Crippen molar-refractivity contribution in [2.75, 3.05) is 7.05 Å². The molecule has 0 saturated carbocycles. The van der Waals surface area contributed by atoms with Gasteiger partial charge < -0.3 is 4.90 Å². The number of rotatable bonds is 0. The molecule has 0 aliphatic carbocycles. The number of aliphatic imine (C=N–C) groups is 3. The van der Waals surface area contributed by atoms with E-state index in [1.54, 1.807) is 0 Å². The van der Waals surface area contributed by atoms with Gasteiger partial charge in [0.2, 0.25) is 0 Å². The summed E-state index contributed by atoms with van der Waals surface area (Å²) in [6, 6.07) is 0. The lowest BCUT2D eigenvalue weighted by atomic mass is 9.76. The van der Waals surface area contributed by atoms with Crippen LogP contribution in [0.3, 0.4) is 0 Å². The van der Waals surface area contributed by atoms with Crippen LogP contribution in [0.25, 0.3) is 0 Å². The van der Waals surface area contributed by atoms with Crippen LogP contribution in [-0.4, -0.2) is 29.1 Å². The molecule has 198 valence electrons.